The van der Waals surface area contributed by atoms with E-state index in [1.807, 2.05) is 6.20 Å². The molecule has 1 atom stereocenters. The van der Waals surface area contributed by atoms with E-state index in [0.29, 0.717) is 0 Å². The van der Waals surface area contributed by atoms with Crippen LogP contribution in [-0.2, 0) is 18.3 Å². The molecule has 3 nitrogen and oxygen atoms in total. The van der Waals surface area contributed by atoms with Gasteiger partial charge in [-0.25, -0.2) is 4.98 Å². The molecule has 5 rings (SSSR count). The Balaban J connectivity index is 1.85. The van der Waals surface area contributed by atoms with E-state index >= 15 is 0 Å². The molecule has 0 bridgehead atoms. The first kappa shape index (κ1) is 19.2. The fraction of sp³-hybridized carbons (Fsp3) is 0.370. The van der Waals surface area contributed by atoms with Crippen molar-refractivity contribution in [2.75, 3.05) is 7.11 Å². The molecule has 0 N–H and O–H groups in total. The molecule has 0 saturated heterocycles. The van der Waals surface area contributed by atoms with Gasteiger partial charge in [-0.2, -0.15) is 0 Å². The molecular formula is C27H30N2O. The molecule has 154 valence electrons. The number of nitrogens with zero attached hydrogens (tertiary/aromatic N) is 2. The van der Waals surface area contributed by atoms with E-state index in [1.54, 1.807) is 7.11 Å². The number of ether oxygens (including phenoxy) is 1. The first-order valence-corrected chi connectivity index (χ1v) is 11.0. The Morgan fingerprint density at radius 2 is 1.77 bits per heavy atom. The maximum absolute atomic E-state index is 5.57. The average molecular weight is 399 g/mol. The van der Waals surface area contributed by atoms with E-state index in [4.69, 9.17) is 9.72 Å². The summed E-state index contributed by atoms with van der Waals surface area (Å²) in [5.74, 6) is 2.60. The van der Waals surface area contributed by atoms with Gasteiger partial charge in [0.05, 0.1) is 18.1 Å². The van der Waals surface area contributed by atoms with Crippen LogP contribution in [0.25, 0.3) is 27.6 Å². The maximum atomic E-state index is 5.57. The molecule has 1 aliphatic carbocycles. The lowest BCUT2D eigenvalue weighted by Crippen LogP contribution is -2.12. The van der Waals surface area contributed by atoms with Gasteiger partial charge in [0.2, 0.25) is 0 Å². The average Bonchev–Trinajstić information content (AvgIpc) is 3.04. The molecule has 1 aliphatic rings. The molecule has 2 aromatic carbocycles. The number of rotatable bonds is 2. The standard InChI is InChI=1S/C27H30N2O/c1-17-6-7-18-14-24-23(13-19(18)12-17)22-9-8-21(30-5)16-25(22)29(24)26-15-20(10-11-28-26)27(2,3)4/h8-11,13-17H,6-7,12H2,1-5H3. The minimum absolute atomic E-state index is 0.0729. The zero-order valence-electron chi connectivity index (χ0n) is 18.6. The Hall–Kier alpha value is -2.81. The Bertz CT molecular complexity index is 1260. The van der Waals surface area contributed by atoms with E-state index in [1.165, 1.54) is 45.8 Å². The van der Waals surface area contributed by atoms with Crippen molar-refractivity contribution in [3.8, 4) is 11.6 Å². The summed E-state index contributed by atoms with van der Waals surface area (Å²) in [5.41, 5.74) is 6.75. The first-order chi connectivity index (χ1) is 14.3. The molecule has 1 unspecified atom stereocenters. The predicted octanol–water partition coefficient (Wildman–Crippen LogP) is 6.61. The number of pyridine rings is 1. The van der Waals surface area contributed by atoms with Gasteiger partial charge in [0, 0.05) is 23.0 Å². The third-order valence-corrected chi connectivity index (χ3v) is 6.61. The molecule has 2 aromatic heterocycles. The zero-order chi connectivity index (χ0) is 21.0. The van der Waals surface area contributed by atoms with Gasteiger partial charge in [-0.1, -0.05) is 27.7 Å². The van der Waals surface area contributed by atoms with E-state index in [9.17, 15) is 0 Å². The van der Waals surface area contributed by atoms with Crippen molar-refractivity contribution in [2.45, 2.75) is 52.4 Å². The Morgan fingerprint density at radius 3 is 2.53 bits per heavy atom. The highest BCUT2D eigenvalue weighted by atomic mass is 16.5. The monoisotopic (exact) mass is 398 g/mol. The van der Waals surface area contributed by atoms with Gasteiger partial charge >= 0.3 is 0 Å². The minimum atomic E-state index is 0.0729. The van der Waals surface area contributed by atoms with Gasteiger partial charge in [0.1, 0.15) is 11.6 Å². The fourth-order valence-corrected chi connectivity index (χ4v) is 4.81. The van der Waals surface area contributed by atoms with Crippen LogP contribution in [0.15, 0.2) is 48.7 Å². The second-order valence-corrected chi connectivity index (χ2v) is 9.86. The van der Waals surface area contributed by atoms with Gasteiger partial charge in [0.15, 0.2) is 0 Å². The van der Waals surface area contributed by atoms with Crippen LogP contribution < -0.4 is 4.74 Å². The fourth-order valence-electron chi connectivity index (χ4n) is 4.81. The number of aromatic nitrogens is 2. The van der Waals surface area contributed by atoms with E-state index in [-0.39, 0.29) is 5.41 Å². The largest absolute Gasteiger partial charge is 0.497 e. The second kappa shape index (κ2) is 6.87. The topological polar surface area (TPSA) is 27.1 Å². The molecule has 0 aliphatic heterocycles. The van der Waals surface area contributed by atoms with E-state index in [2.05, 4.69) is 74.7 Å². The van der Waals surface area contributed by atoms with Crippen LogP contribution in [0.5, 0.6) is 5.75 Å². The van der Waals surface area contributed by atoms with Crippen molar-refractivity contribution < 1.29 is 4.74 Å². The van der Waals surface area contributed by atoms with Crippen LogP contribution in [0.3, 0.4) is 0 Å². The molecule has 0 radical (unpaired) electrons. The van der Waals surface area contributed by atoms with Crippen LogP contribution in [0, 0.1) is 5.92 Å². The van der Waals surface area contributed by atoms with Crippen LogP contribution in [-0.4, -0.2) is 16.7 Å². The molecule has 0 saturated carbocycles. The van der Waals surface area contributed by atoms with Crippen molar-refractivity contribution in [1.82, 2.24) is 9.55 Å². The number of hydrogen-bond acceptors (Lipinski definition) is 2. The van der Waals surface area contributed by atoms with E-state index < -0.39 is 0 Å². The summed E-state index contributed by atoms with van der Waals surface area (Å²) in [5, 5.41) is 2.57. The molecule has 0 spiro atoms. The quantitative estimate of drug-likeness (QED) is 0.380. The molecular weight excluding hydrogens is 368 g/mol. The Morgan fingerprint density at radius 1 is 0.967 bits per heavy atom. The summed E-state index contributed by atoms with van der Waals surface area (Å²) in [6.45, 7) is 9.11. The summed E-state index contributed by atoms with van der Waals surface area (Å²) < 4.78 is 7.89. The number of methoxy groups -OCH3 is 1. The van der Waals surface area contributed by atoms with Crippen molar-refractivity contribution in [1.29, 1.82) is 0 Å². The summed E-state index contributed by atoms with van der Waals surface area (Å²) in [7, 11) is 1.73. The first-order valence-electron chi connectivity index (χ1n) is 11.0. The number of aryl methyl sites for hydroxylation is 1. The highest BCUT2D eigenvalue weighted by molar-refractivity contribution is 6.10. The van der Waals surface area contributed by atoms with Gasteiger partial charge in [-0.05, 0) is 83.7 Å². The second-order valence-electron chi connectivity index (χ2n) is 9.86. The van der Waals surface area contributed by atoms with Crippen molar-refractivity contribution in [2.24, 2.45) is 5.92 Å². The smallest absolute Gasteiger partial charge is 0.137 e. The van der Waals surface area contributed by atoms with Crippen molar-refractivity contribution >= 4 is 21.8 Å². The van der Waals surface area contributed by atoms with Crippen LogP contribution in [0.4, 0.5) is 0 Å². The summed E-state index contributed by atoms with van der Waals surface area (Å²) in [6.07, 6.45) is 5.54. The third-order valence-electron chi connectivity index (χ3n) is 6.61. The van der Waals surface area contributed by atoms with Crippen LogP contribution in [0.2, 0.25) is 0 Å². The number of fused-ring (bicyclic) bond motifs is 4. The third kappa shape index (κ3) is 3.08. The van der Waals surface area contributed by atoms with Gasteiger partial charge in [-0.15, -0.1) is 0 Å². The lowest BCUT2D eigenvalue weighted by Gasteiger charge is -2.22. The van der Waals surface area contributed by atoms with Crippen LogP contribution in [0.1, 0.15) is 50.8 Å². The van der Waals surface area contributed by atoms with Gasteiger partial charge < -0.3 is 4.74 Å². The van der Waals surface area contributed by atoms with E-state index in [0.717, 1.165) is 29.4 Å². The highest BCUT2D eigenvalue weighted by Gasteiger charge is 2.21. The lowest BCUT2D eigenvalue weighted by molar-refractivity contribution is 0.415. The molecule has 4 aromatic rings. The highest BCUT2D eigenvalue weighted by Crippen LogP contribution is 2.38. The predicted molar refractivity (Wildman–Crippen MR) is 125 cm³/mol. The Kier molecular flexibility index (Phi) is 4.39. The SMILES string of the molecule is COc1ccc2c3cc4c(cc3n(-c3cc(C(C)(C)C)ccn3)c2c1)CCC(C)C4. The van der Waals surface area contributed by atoms with Crippen LogP contribution >= 0.6 is 0 Å². The molecule has 0 fully saturated rings. The normalized spacial score (nSPS) is 16.8. The molecule has 0 amide bonds. The number of hydrogen-bond donors (Lipinski definition) is 0. The lowest BCUT2D eigenvalue weighted by atomic mass is 9.84. The minimum Gasteiger partial charge on any atom is -0.497 e. The van der Waals surface area contributed by atoms with Crippen molar-refractivity contribution in [3.63, 3.8) is 0 Å². The molecule has 2 heterocycles. The summed E-state index contributed by atoms with van der Waals surface area (Å²) in [6, 6.07) is 15.6. The molecule has 3 heteroatoms. The van der Waals surface area contributed by atoms with Gasteiger partial charge in [-0.3, -0.25) is 4.57 Å². The molecule has 30 heavy (non-hydrogen) atoms. The summed E-state index contributed by atoms with van der Waals surface area (Å²) >= 11 is 0. The maximum Gasteiger partial charge on any atom is 0.137 e. The Labute approximate surface area is 178 Å². The summed E-state index contributed by atoms with van der Waals surface area (Å²) in [4.78, 5) is 4.80. The number of benzene rings is 2. The van der Waals surface area contributed by atoms with Gasteiger partial charge in [0.25, 0.3) is 0 Å². The zero-order valence-corrected chi connectivity index (χ0v) is 18.6. The van der Waals surface area contributed by atoms with Crippen molar-refractivity contribution in [3.05, 3.63) is 65.4 Å².